The lowest BCUT2D eigenvalue weighted by Crippen LogP contribution is -2.55. The maximum Gasteiger partial charge on any atom is 0.237 e. The number of piperazine rings is 1. The van der Waals surface area contributed by atoms with Crippen LogP contribution in [0.4, 0.5) is 5.13 Å². The van der Waals surface area contributed by atoms with Crippen molar-refractivity contribution in [1.29, 1.82) is 0 Å². The number of piperidine rings is 1. The van der Waals surface area contributed by atoms with Crippen molar-refractivity contribution < 1.29 is 9.59 Å². The average Bonchev–Trinajstić information content (AvgIpc) is 3.04. The van der Waals surface area contributed by atoms with Crippen molar-refractivity contribution in [3.05, 3.63) is 11.1 Å². The molecule has 3 heterocycles. The van der Waals surface area contributed by atoms with Gasteiger partial charge in [-0.1, -0.05) is 0 Å². The maximum atomic E-state index is 12.3. The van der Waals surface area contributed by atoms with Gasteiger partial charge < -0.3 is 4.90 Å². The Morgan fingerprint density at radius 3 is 2.65 bits per heavy atom. The smallest absolute Gasteiger partial charge is 0.237 e. The molecule has 1 aromatic heterocycles. The minimum Gasteiger partial charge on any atom is -0.337 e. The summed E-state index contributed by atoms with van der Waals surface area (Å²) in [6.45, 7) is 9.35. The molecule has 2 aliphatic heterocycles. The molecule has 2 aliphatic rings. The molecular weight excluding hydrogens is 350 g/mol. The van der Waals surface area contributed by atoms with Crippen LogP contribution < -0.4 is 4.90 Å². The molecular formula is C18H29N5O2S. The van der Waals surface area contributed by atoms with Crippen LogP contribution in [-0.2, 0) is 16.1 Å². The molecule has 2 amide bonds. The molecule has 26 heavy (non-hydrogen) atoms. The maximum absolute atomic E-state index is 12.3. The highest BCUT2D eigenvalue weighted by molar-refractivity contribution is 7.14. The lowest BCUT2D eigenvalue weighted by Gasteiger charge is -2.41. The summed E-state index contributed by atoms with van der Waals surface area (Å²) in [7, 11) is 2.01. The van der Waals surface area contributed by atoms with E-state index >= 15 is 0 Å². The number of anilines is 1. The first-order valence-electron chi connectivity index (χ1n) is 9.40. The van der Waals surface area contributed by atoms with Crippen LogP contribution in [0.1, 0.15) is 32.4 Å². The van der Waals surface area contributed by atoms with Crippen molar-refractivity contribution in [2.75, 3.05) is 51.2 Å². The van der Waals surface area contributed by atoms with Crippen LogP contribution in [-0.4, -0.2) is 83.9 Å². The van der Waals surface area contributed by atoms with E-state index in [0.717, 1.165) is 56.4 Å². The van der Waals surface area contributed by atoms with Gasteiger partial charge in [0.15, 0.2) is 5.13 Å². The number of rotatable bonds is 5. The standard InChI is InChI=1S/C18H29N5O2S/c1-4-22(14(2)24)18-19-15(13-26-18)11-21-7-5-16(6-8-21)23-10-9-20(3)12-17(23)25/h13,16H,4-12H2,1-3H3. The zero-order valence-electron chi connectivity index (χ0n) is 16.0. The van der Waals surface area contributed by atoms with Crippen LogP contribution in [0, 0.1) is 0 Å². The van der Waals surface area contributed by atoms with Gasteiger partial charge in [0.1, 0.15) is 0 Å². The molecule has 0 unspecified atom stereocenters. The Morgan fingerprint density at radius 2 is 2.04 bits per heavy atom. The summed E-state index contributed by atoms with van der Waals surface area (Å²) in [6.07, 6.45) is 2.06. The number of aromatic nitrogens is 1. The van der Waals surface area contributed by atoms with E-state index in [1.807, 2.05) is 14.0 Å². The van der Waals surface area contributed by atoms with E-state index in [9.17, 15) is 9.59 Å². The van der Waals surface area contributed by atoms with E-state index in [4.69, 9.17) is 0 Å². The van der Waals surface area contributed by atoms with Crippen LogP contribution in [0.5, 0.6) is 0 Å². The van der Waals surface area contributed by atoms with E-state index in [2.05, 4.69) is 25.1 Å². The Labute approximate surface area is 159 Å². The summed E-state index contributed by atoms with van der Waals surface area (Å²) in [5, 5.41) is 2.84. The van der Waals surface area contributed by atoms with E-state index < -0.39 is 0 Å². The minimum absolute atomic E-state index is 0.0334. The Bertz CT molecular complexity index is 641. The van der Waals surface area contributed by atoms with Crippen LogP contribution >= 0.6 is 11.3 Å². The summed E-state index contributed by atoms with van der Waals surface area (Å²) in [6, 6.07) is 0.381. The molecule has 0 bridgehead atoms. The predicted molar refractivity (Wildman–Crippen MR) is 103 cm³/mol. The van der Waals surface area contributed by atoms with Crippen LogP contribution in [0.2, 0.25) is 0 Å². The molecule has 144 valence electrons. The molecule has 0 aromatic carbocycles. The quantitative estimate of drug-likeness (QED) is 0.771. The van der Waals surface area contributed by atoms with Crippen LogP contribution in [0.15, 0.2) is 5.38 Å². The van der Waals surface area contributed by atoms with Gasteiger partial charge >= 0.3 is 0 Å². The first-order valence-corrected chi connectivity index (χ1v) is 10.3. The number of nitrogens with zero attached hydrogens (tertiary/aromatic N) is 5. The van der Waals surface area contributed by atoms with Crippen molar-refractivity contribution in [1.82, 2.24) is 19.7 Å². The molecule has 0 radical (unpaired) electrons. The third-order valence-corrected chi connectivity index (χ3v) is 6.21. The fraction of sp³-hybridized carbons (Fsp3) is 0.722. The highest BCUT2D eigenvalue weighted by Gasteiger charge is 2.31. The van der Waals surface area contributed by atoms with Crippen molar-refractivity contribution in [2.45, 2.75) is 39.3 Å². The van der Waals surface area contributed by atoms with Crippen molar-refractivity contribution in [3.63, 3.8) is 0 Å². The molecule has 0 aliphatic carbocycles. The number of carbonyl (C=O) groups excluding carboxylic acids is 2. The predicted octanol–water partition coefficient (Wildman–Crippen LogP) is 1.25. The zero-order valence-corrected chi connectivity index (χ0v) is 16.8. The Balaban J connectivity index is 1.51. The van der Waals surface area contributed by atoms with Crippen molar-refractivity contribution in [3.8, 4) is 0 Å². The molecule has 7 nitrogen and oxygen atoms in total. The van der Waals surface area contributed by atoms with Gasteiger partial charge in [0.05, 0.1) is 12.2 Å². The number of hydrogen-bond donors (Lipinski definition) is 0. The molecule has 0 atom stereocenters. The van der Waals surface area contributed by atoms with Gasteiger partial charge in [-0.2, -0.15) is 0 Å². The Kier molecular flexibility index (Phi) is 6.26. The van der Waals surface area contributed by atoms with Crippen molar-refractivity contribution in [2.24, 2.45) is 0 Å². The average molecular weight is 380 g/mol. The highest BCUT2D eigenvalue weighted by Crippen LogP contribution is 2.24. The molecule has 0 spiro atoms. The molecule has 0 saturated carbocycles. The van der Waals surface area contributed by atoms with Crippen LogP contribution in [0.25, 0.3) is 0 Å². The molecule has 2 saturated heterocycles. The van der Waals surface area contributed by atoms with E-state index in [-0.39, 0.29) is 11.8 Å². The third kappa shape index (κ3) is 4.42. The van der Waals surface area contributed by atoms with Gasteiger partial charge in [-0.25, -0.2) is 4.98 Å². The Morgan fingerprint density at radius 1 is 1.31 bits per heavy atom. The van der Waals surface area contributed by atoms with Gasteiger partial charge in [0.2, 0.25) is 11.8 Å². The number of likely N-dealkylation sites (tertiary alicyclic amines) is 1. The van der Waals surface area contributed by atoms with E-state index in [1.54, 1.807) is 11.8 Å². The first-order chi connectivity index (χ1) is 12.5. The fourth-order valence-corrected chi connectivity index (χ4v) is 4.72. The lowest BCUT2D eigenvalue weighted by atomic mass is 10.0. The second-order valence-electron chi connectivity index (χ2n) is 7.22. The largest absolute Gasteiger partial charge is 0.337 e. The number of likely N-dealkylation sites (N-methyl/N-ethyl adjacent to an activating group) is 1. The third-order valence-electron chi connectivity index (χ3n) is 5.30. The summed E-state index contributed by atoms with van der Waals surface area (Å²) in [5.74, 6) is 0.302. The SMILES string of the molecule is CCN(C(C)=O)c1nc(CN2CCC(N3CCN(C)CC3=O)CC2)cs1. The molecule has 8 heteroatoms. The molecule has 3 rings (SSSR count). The van der Waals surface area contributed by atoms with Gasteiger partial charge in [-0.05, 0) is 26.8 Å². The van der Waals surface area contributed by atoms with Crippen LogP contribution in [0.3, 0.4) is 0 Å². The highest BCUT2D eigenvalue weighted by atomic mass is 32.1. The normalized spacial score (nSPS) is 20.6. The second-order valence-corrected chi connectivity index (χ2v) is 8.05. The van der Waals surface area contributed by atoms with Crippen molar-refractivity contribution >= 4 is 28.3 Å². The fourth-order valence-electron chi connectivity index (χ4n) is 3.79. The minimum atomic E-state index is 0.0334. The first kappa shape index (κ1) is 19.3. The van der Waals surface area contributed by atoms with Gasteiger partial charge in [-0.3, -0.25) is 24.3 Å². The van der Waals surface area contributed by atoms with Gasteiger partial charge in [0.25, 0.3) is 0 Å². The Hall–Kier alpha value is -1.51. The number of thiazole rings is 1. The summed E-state index contributed by atoms with van der Waals surface area (Å²) in [5.41, 5.74) is 1.03. The molecule has 2 fully saturated rings. The number of carbonyl (C=O) groups is 2. The molecule has 1 aromatic rings. The van der Waals surface area contributed by atoms with Gasteiger partial charge in [0, 0.05) is 57.6 Å². The summed E-state index contributed by atoms with van der Waals surface area (Å²) < 4.78 is 0. The van der Waals surface area contributed by atoms with E-state index in [1.165, 1.54) is 11.3 Å². The number of amides is 2. The lowest BCUT2D eigenvalue weighted by molar-refractivity contribution is -0.139. The summed E-state index contributed by atoms with van der Waals surface area (Å²) >= 11 is 1.53. The molecule has 0 N–H and O–H groups in total. The number of hydrogen-bond acceptors (Lipinski definition) is 6. The monoisotopic (exact) mass is 379 g/mol. The summed E-state index contributed by atoms with van der Waals surface area (Å²) in [4.78, 5) is 36.8. The second kappa shape index (κ2) is 8.45. The topological polar surface area (TPSA) is 60.0 Å². The van der Waals surface area contributed by atoms with Gasteiger partial charge in [-0.15, -0.1) is 11.3 Å². The van der Waals surface area contributed by atoms with E-state index in [0.29, 0.717) is 19.1 Å². The zero-order chi connectivity index (χ0) is 18.7.